The van der Waals surface area contributed by atoms with Gasteiger partial charge in [0.05, 0.1) is 0 Å². The van der Waals surface area contributed by atoms with Gasteiger partial charge in [0, 0.05) is 9.61 Å². The van der Waals surface area contributed by atoms with Crippen LogP contribution >= 0.6 is 22.6 Å². The summed E-state index contributed by atoms with van der Waals surface area (Å²) in [6.07, 6.45) is 7.78. The normalized spacial score (nSPS) is 12.4. The van der Waals surface area contributed by atoms with Crippen LogP contribution in [0.5, 0.6) is 0 Å². The van der Waals surface area contributed by atoms with E-state index in [-0.39, 0.29) is 5.82 Å². The highest BCUT2D eigenvalue weighted by Gasteiger charge is 2.12. The minimum atomic E-state index is -0.163. The maximum Gasteiger partial charge on any atom is 0.124 e. The Labute approximate surface area is 123 Å². The lowest BCUT2D eigenvalue weighted by molar-refractivity contribution is 0.505. The van der Waals surface area contributed by atoms with Gasteiger partial charge in [-0.25, -0.2) is 4.39 Å². The molecule has 100 valence electrons. The highest BCUT2D eigenvalue weighted by atomic mass is 127. The molecule has 1 nitrogen and oxygen atoms in total. The van der Waals surface area contributed by atoms with Crippen LogP contribution in [0.1, 0.15) is 43.7 Å². The van der Waals surface area contributed by atoms with Gasteiger partial charge in [-0.2, -0.15) is 0 Å². The van der Waals surface area contributed by atoms with Crippen LogP contribution in [0.4, 0.5) is 4.39 Å². The topological polar surface area (TPSA) is 12.0 Å². The highest BCUT2D eigenvalue weighted by Crippen LogP contribution is 2.25. The Hall–Kier alpha value is -0.420. The minimum Gasteiger partial charge on any atom is -0.313 e. The van der Waals surface area contributed by atoms with Crippen LogP contribution in [0.3, 0.4) is 0 Å². The lowest BCUT2D eigenvalue weighted by atomic mass is 10.00. The number of rotatable bonds is 8. The quantitative estimate of drug-likeness (QED) is 0.397. The first kappa shape index (κ1) is 15.6. The second-order valence-corrected chi connectivity index (χ2v) is 5.60. The zero-order valence-electron chi connectivity index (χ0n) is 10.9. The molecule has 0 bridgehead atoms. The van der Waals surface area contributed by atoms with E-state index in [0.29, 0.717) is 6.04 Å². The molecule has 0 aliphatic rings. The molecule has 3 heteroatoms. The number of hydrogen-bond donors (Lipinski definition) is 1. The van der Waals surface area contributed by atoms with E-state index < -0.39 is 0 Å². The Morgan fingerprint density at radius 2 is 2.17 bits per heavy atom. The van der Waals surface area contributed by atoms with Crippen LogP contribution in [0.25, 0.3) is 0 Å². The Kier molecular flexibility index (Phi) is 7.51. The number of hydrogen-bond acceptors (Lipinski definition) is 1. The molecule has 0 radical (unpaired) electrons. The molecule has 0 amide bonds. The molecule has 1 unspecified atom stereocenters. The van der Waals surface area contributed by atoms with Gasteiger partial charge >= 0.3 is 0 Å². The summed E-state index contributed by atoms with van der Waals surface area (Å²) >= 11 is 2.21. The van der Waals surface area contributed by atoms with Gasteiger partial charge in [0.1, 0.15) is 5.82 Å². The van der Waals surface area contributed by atoms with Crippen molar-refractivity contribution >= 4 is 22.6 Å². The van der Waals surface area contributed by atoms with Crippen LogP contribution < -0.4 is 5.32 Å². The largest absolute Gasteiger partial charge is 0.313 e. The third kappa shape index (κ3) is 5.06. The Bertz CT molecular complexity index is 379. The summed E-state index contributed by atoms with van der Waals surface area (Å²) in [6, 6.07) is 5.35. The molecular weight excluding hydrogens is 340 g/mol. The van der Waals surface area contributed by atoms with E-state index in [9.17, 15) is 4.39 Å². The van der Waals surface area contributed by atoms with Crippen LogP contribution in [-0.4, -0.2) is 7.05 Å². The fourth-order valence-corrected chi connectivity index (χ4v) is 2.91. The molecule has 0 saturated heterocycles. The average Bonchev–Trinajstić information content (AvgIpc) is 2.35. The molecule has 0 spiro atoms. The fraction of sp³-hybridized carbons (Fsp3) is 0.467. The first-order valence-corrected chi connectivity index (χ1v) is 7.50. The molecule has 18 heavy (non-hydrogen) atoms. The summed E-state index contributed by atoms with van der Waals surface area (Å²) < 4.78 is 14.1. The fourth-order valence-electron chi connectivity index (χ4n) is 2.05. The average molecular weight is 361 g/mol. The van der Waals surface area contributed by atoms with Crippen molar-refractivity contribution < 1.29 is 4.39 Å². The van der Waals surface area contributed by atoms with Crippen molar-refractivity contribution in [2.45, 2.75) is 38.1 Å². The molecule has 0 aliphatic carbocycles. The first-order valence-electron chi connectivity index (χ1n) is 6.42. The van der Waals surface area contributed by atoms with Crippen molar-refractivity contribution in [2.75, 3.05) is 7.05 Å². The minimum absolute atomic E-state index is 0.163. The summed E-state index contributed by atoms with van der Waals surface area (Å²) in [7, 11) is 1.97. The number of halogens is 2. The van der Waals surface area contributed by atoms with E-state index in [1.165, 1.54) is 24.8 Å². The predicted molar refractivity (Wildman–Crippen MR) is 84.2 cm³/mol. The van der Waals surface area contributed by atoms with E-state index in [2.05, 4.69) is 34.5 Å². The summed E-state index contributed by atoms with van der Waals surface area (Å²) in [5.41, 5.74) is 1.20. The Morgan fingerprint density at radius 3 is 2.78 bits per heavy atom. The van der Waals surface area contributed by atoms with E-state index in [4.69, 9.17) is 0 Å². The highest BCUT2D eigenvalue weighted by molar-refractivity contribution is 14.1. The van der Waals surface area contributed by atoms with Crippen molar-refractivity contribution in [1.29, 1.82) is 0 Å². The zero-order chi connectivity index (χ0) is 13.4. The van der Waals surface area contributed by atoms with Gasteiger partial charge in [-0.15, -0.1) is 6.58 Å². The predicted octanol–water partition coefficient (Wildman–Crippen LogP) is 4.83. The van der Waals surface area contributed by atoms with Crippen molar-refractivity contribution in [3.63, 3.8) is 0 Å². The maximum atomic E-state index is 13.1. The smallest absolute Gasteiger partial charge is 0.124 e. The van der Waals surface area contributed by atoms with Gasteiger partial charge in [-0.05, 0) is 66.6 Å². The third-order valence-electron chi connectivity index (χ3n) is 3.09. The maximum absolute atomic E-state index is 13.1. The number of unbranched alkanes of at least 4 members (excludes halogenated alkanes) is 3. The third-order valence-corrected chi connectivity index (χ3v) is 4.02. The second-order valence-electron chi connectivity index (χ2n) is 4.43. The van der Waals surface area contributed by atoms with Gasteiger partial charge in [-0.1, -0.05) is 25.0 Å². The van der Waals surface area contributed by atoms with E-state index in [1.54, 1.807) is 12.1 Å². The summed E-state index contributed by atoms with van der Waals surface area (Å²) in [5.74, 6) is -0.163. The standard InChI is InChI=1S/C15H21FIN/c1-3-4-5-6-7-8-15(18-2)13-10-9-12(16)11-14(13)17/h3,9-11,15,18H,1,4-8H2,2H3. The number of allylic oxidation sites excluding steroid dienone is 1. The first-order chi connectivity index (χ1) is 8.69. The molecule has 0 aromatic heterocycles. The van der Waals surface area contributed by atoms with Gasteiger partial charge in [-0.3, -0.25) is 0 Å². The summed E-state index contributed by atoms with van der Waals surface area (Å²) in [6.45, 7) is 3.73. The SMILES string of the molecule is C=CCCCCCC(NC)c1ccc(F)cc1I. The van der Waals surface area contributed by atoms with Crippen LogP contribution in [-0.2, 0) is 0 Å². The van der Waals surface area contributed by atoms with Crippen LogP contribution in [0.2, 0.25) is 0 Å². The Morgan fingerprint density at radius 1 is 1.39 bits per heavy atom. The number of nitrogens with one attached hydrogen (secondary N) is 1. The van der Waals surface area contributed by atoms with Gasteiger partial charge in [0.15, 0.2) is 0 Å². The molecule has 1 aromatic carbocycles. The zero-order valence-corrected chi connectivity index (χ0v) is 13.0. The van der Waals surface area contributed by atoms with E-state index in [1.807, 2.05) is 19.2 Å². The van der Waals surface area contributed by atoms with Crippen molar-refractivity contribution in [3.05, 3.63) is 45.8 Å². The lowest BCUT2D eigenvalue weighted by Gasteiger charge is -2.18. The summed E-state index contributed by atoms with van der Waals surface area (Å²) in [5, 5.41) is 3.32. The molecule has 0 aliphatic heterocycles. The van der Waals surface area contributed by atoms with Crippen molar-refractivity contribution in [3.8, 4) is 0 Å². The molecule has 0 heterocycles. The monoisotopic (exact) mass is 361 g/mol. The van der Waals surface area contributed by atoms with Gasteiger partial charge in [0.2, 0.25) is 0 Å². The molecule has 1 atom stereocenters. The molecule has 0 fully saturated rings. The van der Waals surface area contributed by atoms with E-state index >= 15 is 0 Å². The molecular formula is C15H21FIN. The second kappa shape index (κ2) is 8.64. The van der Waals surface area contributed by atoms with Gasteiger partial charge in [0.25, 0.3) is 0 Å². The van der Waals surface area contributed by atoms with Gasteiger partial charge < -0.3 is 5.32 Å². The van der Waals surface area contributed by atoms with Crippen molar-refractivity contribution in [1.82, 2.24) is 5.32 Å². The number of benzene rings is 1. The molecule has 1 aromatic rings. The summed E-state index contributed by atoms with van der Waals surface area (Å²) in [4.78, 5) is 0. The molecule has 0 saturated carbocycles. The lowest BCUT2D eigenvalue weighted by Crippen LogP contribution is -2.17. The van der Waals surface area contributed by atoms with E-state index in [0.717, 1.165) is 16.4 Å². The molecule has 1 rings (SSSR count). The van der Waals surface area contributed by atoms with Crippen molar-refractivity contribution in [2.24, 2.45) is 0 Å². The molecule has 1 N–H and O–H groups in total. The Balaban J connectivity index is 2.52. The van der Waals surface area contributed by atoms with Crippen LogP contribution in [0.15, 0.2) is 30.9 Å². The van der Waals surface area contributed by atoms with Crippen LogP contribution in [0, 0.1) is 9.39 Å².